The van der Waals surface area contributed by atoms with Gasteiger partial charge in [0.1, 0.15) is 0 Å². The Morgan fingerprint density at radius 3 is 2.29 bits per heavy atom. The van der Waals surface area contributed by atoms with Gasteiger partial charge in [0.05, 0.1) is 12.2 Å². The molecule has 1 amide bonds. The van der Waals surface area contributed by atoms with Crippen molar-refractivity contribution in [2.24, 2.45) is 0 Å². The van der Waals surface area contributed by atoms with Crippen LogP contribution in [-0.4, -0.2) is 36.1 Å². The van der Waals surface area contributed by atoms with Gasteiger partial charge in [-0.15, -0.1) is 0 Å². The van der Waals surface area contributed by atoms with Gasteiger partial charge in [-0.1, -0.05) is 15.9 Å². The number of morpholine rings is 1. The van der Waals surface area contributed by atoms with E-state index < -0.39 is 0 Å². The second kappa shape index (κ2) is 5.19. The van der Waals surface area contributed by atoms with Crippen LogP contribution in [0.15, 0.2) is 28.7 Å². The van der Waals surface area contributed by atoms with E-state index in [1.54, 1.807) is 0 Å². The van der Waals surface area contributed by atoms with E-state index in [4.69, 9.17) is 4.74 Å². The molecule has 1 aliphatic heterocycles. The van der Waals surface area contributed by atoms with E-state index in [2.05, 4.69) is 15.9 Å². The van der Waals surface area contributed by atoms with E-state index in [-0.39, 0.29) is 18.1 Å². The monoisotopic (exact) mass is 297 g/mol. The van der Waals surface area contributed by atoms with Crippen LogP contribution < -0.4 is 0 Å². The van der Waals surface area contributed by atoms with E-state index in [0.29, 0.717) is 13.1 Å². The summed E-state index contributed by atoms with van der Waals surface area (Å²) < 4.78 is 6.60. The third-order valence-corrected chi connectivity index (χ3v) is 3.33. The minimum atomic E-state index is 0.0829. The predicted octanol–water partition coefficient (Wildman–Crippen LogP) is 2.70. The van der Waals surface area contributed by atoms with Gasteiger partial charge in [0.25, 0.3) is 5.91 Å². The lowest BCUT2D eigenvalue weighted by Crippen LogP contribution is -2.48. The fourth-order valence-corrected chi connectivity index (χ4v) is 2.38. The third-order valence-electron chi connectivity index (χ3n) is 2.80. The van der Waals surface area contributed by atoms with Gasteiger partial charge >= 0.3 is 0 Å². The van der Waals surface area contributed by atoms with Crippen LogP contribution in [0.2, 0.25) is 0 Å². The fourth-order valence-electron chi connectivity index (χ4n) is 2.12. The number of ether oxygens (including phenoxy) is 1. The fraction of sp³-hybridized carbons (Fsp3) is 0.462. The summed E-state index contributed by atoms with van der Waals surface area (Å²) >= 11 is 3.36. The van der Waals surface area contributed by atoms with E-state index in [9.17, 15) is 4.79 Å². The zero-order valence-corrected chi connectivity index (χ0v) is 11.6. The largest absolute Gasteiger partial charge is 0.372 e. The summed E-state index contributed by atoms with van der Waals surface area (Å²) in [6, 6.07) is 7.47. The smallest absolute Gasteiger partial charge is 0.254 e. The minimum Gasteiger partial charge on any atom is -0.372 e. The van der Waals surface area contributed by atoms with E-state index >= 15 is 0 Å². The average molecular weight is 298 g/mol. The number of hydrogen-bond acceptors (Lipinski definition) is 2. The summed E-state index contributed by atoms with van der Waals surface area (Å²) in [6.07, 6.45) is 0.219. The molecule has 1 heterocycles. The van der Waals surface area contributed by atoms with Gasteiger partial charge in [-0.3, -0.25) is 4.79 Å². The molecule has 1 aromatic rings. The molecule has 1 aliphatic rings. The van der Waals surface area contributed by atoms with Gasteiger partial charge < -0.3 is 9.64 Å². The molecule has 1 saturated heterocycles. The Balaban J connectivity index is 2.11. The molecule has 0 aliphatic carbocycles. The quantitative estimate of drug-likeness (QED) is 0.798. The molecule has 4 heteroatoms. The van der Waals surface area contributed by atoms with E-state index in [1.165, 1.54) is 0 Å². The number of nitrogens with zero attached hydrogens (tertiary/aromatic N) is 1. The summed E-state index contributed by atoms with van der Waals surface area (Å²) in [6.45, 7) is 5.33. The number of halogens is 1. The highest BCUT2D eigenvalue weighted by molar-refractivity contribution is 9.10. The normalized spacial score (nSPS) is 24.8. The Morgan fingerprint density at radius 1 is 1.24 bits per heavy atom. The van der Waals surface area contributed by atoms with Crippen molar-refractivity contribution < 1.29 is 9.53 Å². The SMILES string of the molecule is CC1CN(C(=O)c2ccc(Br)cc2)CC(C)O1. The highest BCUT2D eigenvalue weighted by Crippen LogP contribution is 2.16. The number of rotatable bonds is 1. The van der Waals surface area contributed by atoms with Crippen LogP contribution in [0.3, 0.4) is 0 Å². The number of carbonyl (C=O) groups excluding carboxylic acids is 1. The first-order valence-corrected chi connectivity index (χ1v) is 6.56. The van der Waals surface area contributed by atoms with Crippen LogP contribution >= 0.6 is 15.9 Å². The van der Waals surface area contributed by atoms with Gasteiger partial charge in [0, 0.05) is 23.1 Å². The van der Waals surface area contributed by atoms with Crippen LogP contribution in [0.4, 0.5) is 0 Å². The molecule has 2 atom stereocenters. The van der Waals surface area contributed by atoms with Gasteiger partial charge in [0.15, 0.2) is 0 Å². The first kappa shape index (κ1) is 12.6. The summed E-state index contributed by atoms with van der Waals surface area (Å²) in [4.78, 5) is 14.1. The van der Waals surface area contributed by atoms with Crippen LogP contribution in [-0.2, 0) is 4.74 Å². The highest BCUT2D eigenvalue weighted by Gasteiger charge is 2.26. The van der Waals surface area contributed by atoms with Crippen molar-refractivity contribution in [1.29, 1.82) is 0 Å². The van der Waals surface area contributed by atoms with Crippen molar-refractivity contribution in [2.45, 2.75) is 26.1 Å². The third kappa shape index (κ3) is 3.07. The molecule has 17 heavy (non-hydrogen) atoms. The highest BCUT2D eigenvalue weighted by atomic mass is 79.9. The van der Waals surface area contributed by atoms with E-state index in [1.807, 2.05) is 43.0 Å². The molecule has 0 bridgehead atoms. The van der Waals surface area contributed by atoms with Gasteiger partial charge in [-0.25, -0.2) is 0 Å². The summed E-state index contributed by atoms with van der Waals surface area (Å²) in [5, 5.41) is 0. The first-order valence-electron chi connectivity index (χ1n) is 5.76. The molecule has 1 fully saturated rings. The number of carbonyl (C=O) groups is 1. The minimum absolute atomic E-state index is 0.0829. The van der Waals surface area contributed by atoms with Crippen LogP contribution in [0.5, 0.6) is 0 Å². The second-order valence-corrected chi connectivity index (χ2v) is 5.39. The number of amides is 1. The van der Waals surface area contributed by atoms with Gasteiger partial charge in [-0.05, 0) is 38.1 Å². The molecule has 0 N–H and O–H groups in total. The number of hydrogen-bond donors (Lipinski definition) is 0. The van der Waals surface area contributed by atoms with Crippen molar-refractivity contribution in [2.75, 3.05) is 13.1 Å². The summed E-state index contributed by atoms with van der Waals surface area (Å²) in [5.74, 6) is 0.0829. The molecule has 0 aromatic heterocycles. The van der Waals surface area contributed by atoms with Crippen molar-refractivity contribution in [1.82, 2.24) is 4.90 Å². The Morgan fingerprint density at radius 2 is 1.76 bits per heavy atom. The van der Waals surface area contributed by atoms with Crippen molar-refractivity contribution in [3.8, 4) is 0 Å². The van der Waals surface area contributed by atoms with Crippen molar-refractivity contribution >= 4 is 21.8 Å². The zero-order valence-electron chi connectivity index (χ0n) is 10.0. The van der Waals surface area contributed by atoms with E-state index in [0.717, 1.165) is 10.0 Å². The first-order chi connectivity index (χ1) is 8.06. The molecule has 92 valence electrons. The van der Waals surface area contributed by atoms with Crippen LogP contribution in [0.1, 0.15) is 24.2 Å². The maximum atomic E-state index is 12.3. The molecule has 0 saturated carbocycles. The van der Waals surface area contributed by atoms with Crippen LogP contribution in [0, 0.1) is 0 Å². The predicted molar refractivity (Wildman–Crippen MR) is 70.1 cm³/mol. The molecule has 0 radical (unpaired) electrons. The topological polar surface area (TPSA) is 29.5 Å². The molecule has 0 spiro atoms. The Kier molecular flexibility index (Phi) is 3.84. The maximum absolute atomic E-state index is 12.3. The standard InChI is InChI=1S/C13H16BrNO2/c1-9-7-15(8-10(2)17-9)13(16)11-3-5-12(14)6-4-11/h3-6,9-10H,7-8H2,1-2H3. The van der Waals surface area contributed by atoms with Crippen LogP contribution in [0.25, 0.3) is 0 Å². The molecule has 2 rings (SSSR count). The Hall–Kier alpha value is -0.870. The zero-order chi connectivity index (χ0) is 12.4. The lowest BCUT2D eigenvalue weighted by molar-refractivity contribution is -0.0586. The second-order valence-electron chi connectivity index (χ2n) is 4.47. The maximum Gasteiger partial charge on any atom is 0.254 e. The average Bonchev–Trinajstić information content (AvgIpc) is 2.28. The molecule has 3 nitrogen and oxygen atoms in total. The molecule has 1 aromatic carbocycles. The Bertz CT molecular complexity index is 394. The molecule has 2 unspecified atom stereocenters. The number of benzene rings is 1. The lowest BCUT2D eigenvalue weighted by Gasteiger charge is -2.35. The summed E-state index contributed by atoms with van der Waals surface area (Å²) in [5.41, 5.74) is 0.731. The van der Waals surface area contributed by atoms with Gasteiger partial charge in [0.2, 0.25) is 0 Å². The van der Waals surface area contributed by atoms with Gasteiger partial charge in [-0.2, -0.15) is 0 Å². The van der Waals surface area contributed by atoms with Crippen molar-refractivity contribution in [3.05, 3.63) is 34.3 Å². The lowest BCUT2D eigenvalue weighted by atomic mass is 10.1. The summed E-state index contributed by atoms with van der Waals surface area (Å²) in [7, 11) is 0. The molecular formula is C13H16BrNO2. The molecular weight excluding hydrogens is 282 g/mol. The Labute approximate surface area is 110 Å². The van der Waals surface area contributed by atoms with Crippen molar-refractivity contribution in [3.63, 3.8) is 0 Å².